The number of nitrogens with one attached hydrogen (secondary N) is 1. The summed E-state index contributed by atoms with van der Waals surface area (Å²) in [5.41, 5.74) is 0. The van der Waals surface area contributed by atoms with Gasteiger partial charge in [0.05, 0.1) is 6.07 Å². The largest absolute Gasteiger partial charge is 0.363 e. The molecule has 3 heteroatoms. The summed E-state index contributed by atoms with van der Waals surface area (Å²) in [6.07, 6.45) is 5.50. The van der Waals surface area contributed by atoms with Gasteiger partial charge in [-0.05, 0) is 32.2 Å². The van der Waals surface area contributed by atoms with E-state index in [1.165, 1.54) is 19.3 Å². The molecule has 1 aliphatic heterocycles. The van der Waals surface area contributed by atoms with Crippen LogP contribution in [0.3, 0.4) is 0 Å². The Morgan fingerprint density at radius 1 is 1.57 bits per heavy atom. The minimum absolute atomic E-state index is 0.210. The SMILES string of the molecule is CCC(C#N)OCCC1CCCCN1. The van der Waals surface area contributed by atoms with Crippen LogP contribution >= 0.6 is 0 Å². The summed E-state index contributed by atoms with van der Waals surface area (Å²) in [5, 5.41) is 12.1. The molecule has 0 radical (unpaired) electrons. The second-order valence-electron chi connectivity index (χ2n) is 3.83. The Morgan fingerprint density at radius 3 is 3.00 bits per heavy atom. The van der Waals surface area contributed by atoms with Crippen molar-refractivity contribution >= 4 is 0 Å². The minimum Gasteiger partial charge on any atom is -0.363 e. The molecule has 0 spiro atoms. The first-order valence-electron chi connectivity index (χ1n) is 5.61. The van der Waals surface area contributed by atoms with Crippen molar-refractivity contribution in [1.82, 2.24) is 5.32 Å². The number of nitriles is 1. The number of hydrogen-bond acceptors (Lipinski definition) is 3. The van der Waals surface area contributed by atoms with Gasteiger partial charge in [0, 0.05) is 12.6 Å². The Hall–Kier alpha value is -0.590. The van der Waals surface area contributed by atoms with E-state index in [0.717, 1.165) is 19.4 Å². The van der Waals surface area contributed by atoms with E-state index in [9.17, 15) is 0 Å². The summed E-state index contributed by atoms with van der Waals surface area (Å²) >= 11 is 0. The van der Waals surface area contributed by atoms with Crippen molar-refractivity contribution in [2.24, 2.45) is 0 Å². The highest BCUT2D eigenvalue weighted by Crippen LogP contribution is 2.10. The highest BCUT2D eigenvalue weighted by molar-refractivity contribution is 4.82. The van der Waals surface area contributed by atoms with Crippen molar-refractivity contribution in [2.75, 3.05) is 13.2 Å². The van der Waals surface area contributed by atoms with E-state index in [2.05, 4.69) is 11.4 Å². The zero-order valence-electron chi connectivity index (χ0n) is 8.96. The quantitative estimate of drug-likeness (QED) is 0.729. The summed E-state index contributed by atoms with van der Waals surface area (Å²) in [6.45, 7) is 3.83. The van der Waals surface area contributed by atoms with Gasteiger partial charge in [-0.1, -0.05) is 13.3 Å². The molecule has 80 valence electrons. The fraction of sp³-hybridized carbons (Fsp3) is 0.909. The van der Waals surface area contributed by atoms with E-state index in [0.29, 0.717) is 12.6 Å². The maximum absolute atomic E-state index is 8.67. The molecule has 1 N–H and O–H groups in total. The predicted molar refractivity (Wildman–Crippen MR) is 55.9 cm³/mol. The number of nitrogens with zero attached hydrogens (tertiary/aromatic N) is 1. The average molecular weight is 196 g/mol. The maximum atomic E-state index is 8.67. The van der Waals surface area contributed by atoms with Crippen LogP contribution in [0.4, 0.5) is 0 Å². The molecule has 1 fully saturated rings. The normalized spacial score (nSPS) is 24.1. The number of ether oxygens (including phenoxy) is 1. The van der Waals surface area contributed by atoms with Crippen molar-refractivity contribution in [1.29, 1.82) is 5.26 Å². The molecule has 1 heterocycles. The molecule has 1 aliphatic rings. The zero-order chi connectivity index (χ0) is 10.2. The zero-order valence-corrected chi connectivity index (χ0v) is 8.96. The van der Waals surface area contributed by atoms with Gasteiger partial charge in [-0.25, -0.2) is 0 Å². The first kappa shape index (κ1) is 11.5. The Balaban J connectivity index is 2.05. The van der Waals surface area contributed by atoms with E-state index < -0.39 is 0 Å². The lowest BCUT2D eigenvalue weighted by atomic mass is 10.0. The monoisotopic (exact) mass is 196 g/mol. The van der Waals surface area contributed by atoms with E-state index in [4.69, 9.17) is 10.00 Å². The third-order valence-corrected chi connectivity index (χ3v) is 2.71. The van der Waals surface area contributed by atoms with Crippen LogP contribution in [-0.4, -0.2) is 25.3 Å². The van der Waals surface area contributed by atoms with Crippen LogP contribution < -0.4 is 5.32 Å². The van der Waals surface area contributed by atoms with Gasteiger partial charge in [0.15, 0.2) is 0 Å². The van der Waals surface area contributed by atoms with Crippen LogP contribution in [0, 0.1) is 11.3 Å². The lowest BCUT2D eigenvalue weighted by Gasteiger charge is -2.23. The van der Waals surface area contributed by atoms with E-state index in [1.807, 2.05) is 6.92 Å². The summed E-state index contributed by atoms with van der Waals surface area (Å²) < 4.78 is 5.44. The van der Waals surface area contributed by atoms with Crippen molar-refractivity contribution in [2.45, 2.75) is 51.2 Å². The Labute approximate surface area is 86.4 Å². The molecule has 0 saturated carbocycles. The lowest BCUT2D eigenvalue weighted by Crippen LogP contribution is -2.35. The fourth-order valence-electron chi connectivity index (χ4n) is 1.77. The Kier molecular flexibility index (Phi) is 5.58. The molecule has 1 saturated heterocycles. The van der Waals surface area contributed by atoms with Crippen LogP contribution in [0.1, 0.15) is 39.0 Å². The van der Waals surface area contributed by atoms with Gasteiger partial charge in [0.25, 0.3) is 0 Å². The van der Waals surface area contributed by atoms with E-state index >= 15 is 0 Å². The fourth-order valence-corrected chi connectivity index (χ4v) is 1.77. The van der Waals surface area contributed by atoms with Crippen molar-refractivity contribution in [3.8, 4) is 6.07 Å². The highest BCUT2D eigenvalue weighted by Gasteiger charge is 2.12. The van der Waals surface area contributed by atoms with Gasteiger partial charge in [-0.2, -0.15) is 5.26 Å². The molecule has 0 bridgehead atoms. The summed E-state index contributed by atoms with van der Waals surface area (Å²) in [4.78, 5) is 0. The third-order valence-electron chi connectivity index (χ3n) is 2.71. The number of piperidine rings is 1. The van der Waals surface area contributed by atoms with Crippen LogP contribution in [0.2, 0.25) is 0 Å². The number of hydrogen-bond donors (Lipinski definition) is 1. The molecular formula is C11H20N2O. The van der Waals surface area contributed by atoms with Gasteiger partial charge < -0.3 is 10.1 Å². The van der Waals surface area contributed by atoms with Crippen LogP contribution in [0.25, 0.3) is 0 Å². The second-order valence-corrected chi connectivity index (χ2v) is 3.83. The summed E-state index contributed by atoms with van der Waals surface area (Å²) in [6, 6.07) is 2.76. The van der Waals surface area contributed by atoms with Gasteiger partial charge in [-0.3, -0.25) is 0 Å². The molecule has 0 amide bonds. The van der Waals surface area contributed by atoms with Gasteiger partial charge in [-0.15, -0.1) is 0 Å². The average Bonchev–Trinajstić information content (AvgIpc) is 2.26. The molecule has 2 atom stereocenters. The molecule has 0 aromatic heterocycles. The molecule has 0 aromatic carbocycles. The Bertz CT molecular complexity index is 182. The van der Waals surface area contributed by atoms with Crippen LogP contribution in [0.15, 0.2) is 0 Å². The topological polar surface area (TPSA) is 45.0 Å². The summed E-state index contributed by atoms with van der Waals surface area (Å²) in [5.74, 6) is 0. The van der Waals surface area contributed by atoms with Gasteiger partial charge in [0.1, 0.15) is 6.10 Å². The van der Waals surface area contributed by atoms with Crippen molar-refractivity contribution in [3.05, 3.63) is 0 Å². The molecule has 0 aromatic rings. The molecule has 14 heavy (non-hydrogen) atoms. The highest BCUT2D eigenvalue weighted by atomic mass is 16.5. The summed E-state index contributed by atoms with van der Waals surface area (Å²) in [7, 11) is 0. The smallest absolute Gasteiger partial charge is 0.143 e. The first-order valence-corrected chi connectivity index (χ1v) is 5.61. The van der Waals surface area contributed by atoms with Crippen LogP contribution in [-0.2, 0) is 4.74 Å². The molecule has 2 unspecified atom stereocenters. The molecule has 0 aliphatic carbocycles. The van der Waals surface area contributed by atoms with E-state index in [1.54, 1.807) is 0 Å². The second kappa shape index (κ2) is 6.80. The van der Waals surface area contributed by atoms with Gasteiger partial charge >= 0.3 is 0 Å². The third kappa shape index (κ3) is 4.08. The lowest BCUT2D eigenvalue weighted by molar-refractivity contribution is 0.0780. The standard InChI is InChI=1S/C11H20N2O/c1-2-11(9-12)14-8-6-10-5-3-4-7-13-10/h10-11,13H,2-8H2,1H3. The first-order chi connectivity index (χ1) is 6.86. The van der Waals surface area contributed by atoms with Crippen LogP contribution in [0.5, 0.6) is 0 Å². The van der Waals surface area contributed by atoms with Crippen molar-refractivity contribution in [3.63, 3.8) is 0 Å². The molecule has 1 rings (SSSR count). The van der Waals surface area contributed by atoms with E-state index in [-0.39, 0.29) is 6.10 Å². The maximum Gasteiger partial charge on any atom is 0.143 e. The predicted octanol–water partition coefficient (Wildman–Crippen LogP) is 1.84. The molecular weight excluding hydrogens is 176 g/mol. The van der Waals surface area contributed by atoms with Crippen molar-refractivity contribution < 1.29 is 4.74 Å². The van der Waals surface area contributed by atoms with Gasteiger partial charge in [0.2, 0.25) is 0 Å². The minimum atomic E-state index is -0.210. The number of rotatable bonds is 5. The molecule has 3 nitrogen and oxygen atoms in total. The Morgan fingerprint density at radius 2 is 2.43 bits per heavy atom.